The minimum absolute atomic E-state index is 0.940. The Kier molecular flexibility index (Phi) is 11.9. The van der Waals surface area contributed by atoms with Gasteiger partial charge >= 0.3 is 0 Å². The van der Waals surface area contributed by atoms with Crippen molar-refractivity contribution in [2.24, 2.45) is 5.92 Å². The van der Waals surface area contributed by atoms with E-state index >= 15 is 0 Å². The van der Waals surface area contributed by atoms with Crippen LogP contribution in [0.3, 0.4) is 0 Å². The number of hydrogen-bond donors (Lipinski definition) is 0. The van der Waals surface area contributed by atoms with Crippen molar-refractivity contribution >= 4 is 41.1 Å². The van der Waals surface area contributed by atoms with Gasteiger partial charge in [0, 0.05) is 19.5 Å². The van der Waals surface area contributed by atoms with Gasteiger partial charge in [0.25, 0.3) is 0 Å². The first-order valence-corrected chi connectivity index (χ1v) is 18.8. The van der Waals surface area contributed by atoms with Crippen molar-refractivity contribution in [1.29, 1.82) is 0 Å². The molecule has 0 amide bonds. The van der Waals surface area contributed by atoms with Crippen molar-refractivity contribution in [2.45, 2.75) is 143 Å². The standard InChI is InChI=1S/C31H52S2Si/c1-6-9-12-14-15-17-20-27(19-16-13-10-7-2)24-34(21-18-11-8-3)28-22-25(4)32-30(28)31-29(34)23-26(5)33-31/h22-23,27H,6-21,24H2,1-5H3. The van der Waals surface area contributed by atoms with Gasteiger partial charge < -0.3 is 0 Å². The lowest BCUT2D eigenvalue weighted by molar-refractivity contribution is 0.430. The Labute approximate surface area is 221 Å². The second-order valence-corrected chi connectivity index (χ2v) is 17.9. The second-order valence-electron chi connectivity index (χ2n) is 11.2. The fourth-order valence-electron chi connectivity index (χ4n) is 6.40. The molecule has 3 heterocycles. The maximum Gasteiger partial charge on any atom is 0.122 e. The molecule has 1 unspecified atom stereocenters. The second kappa shape index (κ2) is 14.4. The SMILES string of the molecule is CCCCCCCCC(CCCCCC)C[Si]1(CCCCC)c2cc(C)sc2-c2sc(C)cc21. The van der Waals surface area contributed by atoms with Crippen LogP contribution in [0, 0.1) is 19.8 Å². The highest BCUT2D eigenvalue weighted by molar-refractivity contribution is 7.29. The van der Waals surface area contributed by atoms with Gasteiger partial charge in [0.2, 0.25) is 0 Å². The summed E-state index contributed by atoms with van der Waals surface area (Å²) < 4.78 is 0. The van der Waals surface area contributed by atoms with Gasteiger partial charge in [0.1, 0.15) is 8.07 Å². The molecule has 1 aliphatic rings. The molecular formula is C31H52S2Si. The lowest BCUT2D eigenvalue weighted by atomic mass is 9.96. The van der Waals surface area contributed by atoms with Crippen LogP contribution in [0.2, 0.25) is 12.1 Å². The van der Waals surface area contributed by atoms with Crippen LogP contribution in [-0.4, -0.2) is 8.07 Å². The molecule has 0 aliphatic carbocycles. The molecule has 0 spiro atoms. The van der Waals surface area contributed by atoms with E-state index in [1.807, 2.05) is 10.4 Å². The predicted octanol–water partition coefficient (Wildman–Crippen LogP) is 10.5. The quantitative estimate of drug-likeness (QED) is 0.136. The summed E-state index contributed by atoms with van der Waals surface area (Å²) in [6.45, 7) is 11.8. The van der Waals surface area contributed by atoms with Gasteiger partial charge in [-0.3, -0.25) is 0 Å². The maximum atomic E-state index is 2.65. The molecule has 1 aliphatic heterocycles. The van der Waals surface area contributed by atoms with E-state index < -0.39 is 8.07 Å². The van der Waals surface area contributed by atoms with Crippen LogP contribution >= 0.6 is 22.7 Å². The fourth-order valence-corrected chi connectivity index (χ4v) is 16.1. The third-order valence-corrected chi connectivity index (χ3v) is 16.2. The third kappa shape index (κ3) is 7.10. The molecule has 2 aromatic heterocycles. The van der Waals surface area contributed by atoms with E-state index in [-0.39, 0.29) is 0 Å². The fraction of sp³-hybridized carbons (Fsp3) is 0.742. The molecule has 1 atom stereocenters. The molecule has 34 heavy (non-hydrogen) atoms. The van der Waals surface area contributed by atoms with Crippen LogP contribution in [0.4, 0.5) is 0 Å². The van der Waals surface area contributed by atoms with Crippen LogP contribution in [-0.2, 0) is 0 Å². The molecule has 0 saturated carbocycles. The molecule has 0 bridgehead atoms. The predicted molar refractivity (Wildman–Crippen MR) is 162 cm³/mol. The summed E-state index contributed by atoms with van der Waals surface area (Å²) in [5.41, 5.74) is 0. The molecule has 0 nitrogen and oxygen atoms in total. The summed E-state index contributed by atoms with van der Waals surface area (Å²) in [4.78, 5) is 6.48. The normalized spacial score (nSPS) is 15.0. The molecular weight excluding hydrogens is 465 g/mol. The van der Waals surface area contributed by atoms with E-state index in [1.54, 1.807) is 19.5 Å². The first-order chi connectivity index (χ1) is 16.6. The summed E-state index contributed by atoms with van der Waals surface area (Å²) in [5, 5.41) is 3.71. The molecule has 0 N–H and O–H groups in total. The highest BCUT2D eigenvalue weighted by Crippen LogP contribution is 2.44. The van der Waals surface area contributed by atoms with Crippen molar-refractivity contribution in [1.82, 2.24) is 0 Å². The number of fused-ring (bicyclic) bond motifs is 3. The highest BCUT2D eigenvalue weighted by atomic mass is 32.1. The summed E-state index contributed by atoms with van der Waals surface area (Å²) in [6, 6.07) is 8.33. The van der Waals surface area contributed by atoms with E-state index in [0.29, 0.717) is 0 Å². The third-order valence-electron chi connectivity index (χ3n) is 8.22. The Morgan fingerprint density at radius 2 is 1.06 bits per heavy atom. The Morgan fingerprint density at radius 1 is 0.618 bits per heavy atom. The van der Waals surface area contributed by atoms with Crippen LogP contribution in [0.25, 0.3) is 9.75 Å². The molecule has 3 rings (SSSR count). The van der Waals surface area contributed by atoms with Crippen molar-refractivity contribution in [3.05, 3.63) is 21.9 Å². The summed E-state index contributed by atoms with van der Waals surface area (Å²) in [6.07, 6.45) is 21.4. The molecule has 3 heteroatoms. The zero-order chi connectivity index (χ0) is 24.4. The van der Waals surface area contributed by atoms with E-state index in [4.69, 9.17) is 0 Å². The van der Waals surface area contributed by atoms with Gasteiger partial charge in [-0.25, -0.2) is 0 Å². The van der Waals surface area contributed by atoms with Crippen LogP contribution in [0.1, 0.15) is 127 Å². The van der Waals surface area contributed by atoms with Gasteiger partial charge in [-0.15, -0.1) is 22.7 Å². The van der Waals surface area contributed by atoms with E-state index in [1.165, 1.54) is 108 Å². The summed E-state index contributed by atoms with van der Waals surface area (Å²) in [5.74, 6) is 0.940. The van der Waals surface area contributed by atoms with Gasteiger partial charge in [0.05, 0.1) is 0 Å². The van der Waals surface area contributed by atoms with Gasteiger partial charge in [0.15, 0.2) is 0 Å². The van der Waals surface area contributed by atoms with Gasteiger partial charge in [-0.1, -0.05) is 117 Å². The molecule has 0 fully saturated rings. The van der Waals surface area contributed by atoms with Gasteiger partial charge in [-0.05, 0) is 54.4 Å². The van der Waals surface area contributed by atoms with E-state index in [2.05, 4.69) is 69.4 Å². The van der Waals surface area contributed by atoms with Crippen LogP contribution in [0.15, 0.2) is 12.1 Å². The monoisotopic (exact) mass is 516 g/mol. The average molecular weight is 517 g/mol. The summed E-state index contributed by atoms with van der Waals surface area (Å²) >= 11 is 4.20. The van der Waals surface area contributed by atoms with E-state index in [0.717, 1.165) is 5.92 Å². The number of aryl methyl sites for hydroxylation is 2. The maximum absolute atomic E-state index is 2.65. The van der Waals surface area contributed by atoms with Crippen molar-refractivity contribution in [2.75, 3.05) is 0 Å². The van der Waals surface area contributed by atoms with Crippen LogP contribution in [0.5, 0.6) is 0 Å². The zero-order valence-corrected chi connectivity index (χ0v) is 25.7. The average Bonchev–Trinajstić information content (AvgIpc) is 3.45. The minimum Gasteiger partial charge on any atom is -0.140 e. The number of thiophene rings is 2. The lowest BCUT2D eigenvalue weighted by Crippen LogP contribution is -2.55. The first kappa shape index (κ1) is 28.2. The Bertz CT molecular complexity index is 799. The molecule has 192 valence electrons. The zero-order valence-electron chi connectivity index (χ0n) is 23.1. The van der Waals surface area contributed by atoms with Gasteiger partial charge in [-0.2, -0.15) is 0 Å². The smallest absolute Gasteiger partial charge is 0.122 e. The van der Waals surface area contributed by atoms with Crippen molar-refractivity contribution in [3.63, 3.8) is 0 Å². The Morgan fingerprint density at radius 3 is 1.59 bits per heavy atom. The molecule has 2 aromatic rings. The lowest BCUT2D eigenvalue weighted by Gasteiger charge is -2.33. The van der Waals surface area contributed by atoms with E-state index in [9.17, 15) is 0 Å². The highest BCUT2D eigenvalue weighted by Gasteiger charge is 2.48. The van der Waals surface area contributed by atoms with Crippen molar-refractivity contribution < 1.29 is 0 Å². The summed E-state index contributed by atoms with van der Waals surface area (Å²) in [7, 11) is -1.66. The first-order valence-electron chi connectivity index (χ1n) is 14.8. The largest absolute Gasteiger partial charge is 0.140 e. The topological polar surface area (TPSA) is 0 Å². The number of rotatable bonds is 18. The van der Waals surface area contributed by atoms with Crippen molar-refractivity contribution in [3.8, 4) is 9.75 Å². The molecule has 0 saturated heterocycles. The van der Waals surface area contributed by atoms with Crippen LogP contribution < -0.4 is 10.4 Å². The molecule has 0 radical (unpaired) electrons. The number of unbranched alkanes of at least 4 members (excludes halogenated alkanes) is 10. The minimum atomic E-state index is -1.66. The molecule has 0 aromatic carbocycles. The Balaban J connectivity index is 1.83. The number of hydrogen-bond acceptors (Lipinski definition) is 2. The Hall–Kier alpha value is -0.383.